The summed E-state index contributed by atoms with van der Waals surface area (Å²) in [5, 5.41) is 0. The lowest BCUT2D eigenvalue weighted by Crippen LogP contribution is -2.07. The van der Waals surface area contributed by atoms with E-state index in [1.807, 2.05) is 0 Å². The van der Waals surface area contributed by atoms with Crippen LogP contribution in [0.1, 0.15) is 5.69 Å². The fourth-order valence-electron chi connectivity index (χ4n) is 1.37. The van der Waals surface area contributed by atoms with Gasteiger partial charge in [-0.15, -0.1) is 0 Å². The zero-order chi connectivity index (χ0) is 12.5. The third kappa shape index (κ3) is 2.61. The smallest absolute Gasteiger partial charge is 0.243 e. The summed E-state index contributed by atoms with van der Waals surface area (Å²) in [5.74, 6) is -0.444. The van der Waals surface area contributed by atoms with E-state index >= 15 is 0 Å². The van der Waals surface area contributed by atoms with Gasteiger partial charge in [-0.1, -0.05) is 6.07 Å². The number of alkyl halides is 3. The summed E-state index contributed by atoms with van der Waals surface area (Å²) in [7, 11) is 0. The lowest BCUT2D eigenvalue weighted by Gasteiger charge is -2.07. The molecule has 0 saturated carbocycles. The van der Waals surface area contributed by atoms with Gasteiger partial charge in [-0.2, -0.15) is 13.2 Å². The molecule has 5 heteroatoms. The molecule has 0 amide bonds. The molecule has 0 unspecified atom stereocenters. The summed E-state index contributed by atoms with van der Waals surface area (Å²) >= 11 is 0. The van der Waals surface area contributed by atoms with E-state index in [1.54, 1.807) is 0 Å². The minimum atomic E-state index is -4.48. The molecule has 88 valence electrons. The summed E-state index contributed by atoms with van der Waals surface area (Å²) in [6, 6.07) is 8.74. The van der Waals surface area contributed by atoms with Crippen molar-refractivity contribution in [2.24, 2.45) is 0 Å². The minimum Gasteiger partial charge on any atom is -0.243 e. The number of rotatable bonds is 1. The van der Waals surface area contributed by atoms with Crippen molar-refractivity contribution < 1.29 is 17.6 Å². The lowest BCUT2D eigenvalue weighted by atomic mass is 10.1. The van der Waals surface area contributed by atoms with Crippen LogP contribution in [0.25, 0.3) is 11.3 Å². The van der Waals surface area contributed by atoms with Gasteiger partial charge in [0, 0.05) is 5.56 Å². The average Bonchev–Trinajstić information content (AvgIpc) is 2.29. The number of hydrogen-bond acceptors (Lipinski definition) is 1. The third-order valence-electron chi connectivity index (χ3n) is 2.18. The maximum Gasteiger partial charge on any atom is 0.433 e. The van der Waals surface area contributed by atoms with Gasteiger partial charge in [-0.3, -0.25) is 0 Å². The number of aromatic nitrogens is 1. The van der Waals surface area contributed by atoms with Gasteiger partial charge in [0.25, 0.3) is 0 Å². The lowest BCUT2D eigenvalue weighted by molar-refractivity contribution is -0.141. The number of benzene rings is 1. The molecule has 2 rings (SSSR count). The van der Waals surface area contributed by atoms with E-state index in [9.17, 15) is 17.6 Å². The first-order chi connectivity index (χ1) is 7.97. The predicted octanol–water partition coefficient (Wildman–Crippen LogP) is 3.91. The Labute approximate surface area is 94.7 Å². The molecule has 0 N–H and O–H groups in total. The van der Waals surface area contributed by atoms with Crippen molar-refractivity contribution in [3.8, 4) is 11.3 Å². The maximum absolute atomic E-state index is 12.7. The van der Waals surface area contributed by atoms with E-state index in [-0.39, 0.29) is 5.69 Å². The van der Waals surface area contributed by atoms with Crippen LogP contribution >= 0.6 is 0 Å². The third-order valence-corrected chi connectivity index (χ3v) is 2.18. The van der Waals surface area contributed by atoms with Crippen molar-refractivity contribution in [3.05, 3.63) is 54.0 Å². The van der Waals surface area contributed by atoms with Crippen molar-refractivity contribution in [2.45, 2.75) is 6.18 Å². The number of nitrogens with zero attached hydrogens (tertiary/aromatic N) is 1. The second kappa shape index (κ2) is 4.16. The molecule has 0 bridgehead atoms. The second-order valence-electron chi connectivity index (χ2n) is 3.41. The van der Waals surface area contributed by atoms with Gasteiger partial charge >= 0.3 is 6.18 Å². The first-order valence-electron chi connectivity index (χ1n) is 4.77. The molecule has 0 radical (unpaired) electrons. The Morgan fingerprint density at radius 2 is 1.53 bits per heavy atom. The van der Waals surface area contributed by atoms with Gasteiger partial charge in [0.2, 0.25) is 0 Å². The van der Waals surface area contributed by atoms with Crippen LogP contribution in [0.3, 0.4) is 0 Å². The second-order valence-corrected chi connectivity index (χ2v) is 3.41. The molecule has 1 heterocycles. The van der Waals surface area contributed by atoms with Gasteiger partial charge in [0.15, 0.2) is 0 Å². The summed E-state index contributed by atoms with van der Waals surface area (Å²) in [6.07, 6.45) is -4.48. The molecule has 1 nitrogen and oxygen atoms in total. The molecule has 0 aliphatic rings. The van der Waals surface area contributed by atoms with Crippen LogP contribution in [0.4, 0.5) is 17.6 Å². The van der Waals surface area contributed by atoms with Gasteiger partial charge in [0.1, 0.15) is 11.5 Å². The van der Waals surface area contributed by atoms with Gasteiger partial charge in [-0.05, 0) is 36.4 Å². The molecule has 1 aromatic carbocycles. The number of hydrogen-bond donors (Lipinski definition) is 0. The van der Waals surface area contributed by atoms with Gasteiger partial charge in [0.05, 0.1) is 5.69 Å². The number of pyridine rings is 1. The van der Waals surface area contributed by atoms with Crippen LogP contribution in [0.2, 0.25) is 0 Å². The molecule has 0 atom stereocenters. The fraction of sp³-hybridized carbons (Fsp3) is 0.0833. The Morgan fingerprint density at radius 3 is 2.12 bits per heavy atom. The summed E-state index contributed by atoms with van der Waals surface area (Å²) < 4.78 is 49.9. The van der Waals surface area contributed by atoms with E-state index in [1.165, 1.54) is 36.4 Å². The summed E-state index contributed by atoms with van der Waals surface area (Å²) in [4.78, 5) is 3.50. The summed E-state index contributed by atoms with van der Waals surface area (Å²) in [5.41, 5.74) is -0.350. The molecule has 1 aromatic heterocycles. The molecular weight excluding hydrogens is 234 g/mol. The largest absolute Gasteiger partial charge is 0.433 e. The topological polar surface area (TPSA) is 12.9 Å². The van der Waals surface area contributed by atoms with Gasteiger partial charge in [-0.25, -0.2) is 9.37 Å². The van der Waals surface area contributed by atoms with Crippen LogP contribution < -0.4 is 0 Å². The van der Waals surface area contributed by atoms with E-state index in [0.29, 0.717) is 5.56 Å². The molecule has 2 aromatic rings. The molecule has 0 fully saturated rings. The van der Waals surface area contributed by atoms with Crippen molar-refractivity contribution in [1.82, 2.24) is 4.98 Å². The van der Waals surface area contributed by atoms with Crippen LogP contribution in [0, 0.1) is 5.82 Å². The monoisotopic (exact) mass is 241 g/mol. The Bertz CT molecular complexity index is 517. The SMILES string of the molecule is Fc1ccc(-c2cccc(C(F)(F)F)n2)cc1. The first-order valence-corrected chi connectivity index (χ1v) is 4.77. The molecular formula is C12H7F4N. The van der Waals surface area contributed by atoms with E-state index in [0.717, 1.165) is 6.07 Å². The fourth-order valence-corrected chi connectivity index (χ4v) is 1.37. The zero-order valence-electron chi connectivity index (χ0n) is 8.50. The highest BCUT2D eigenvalue weighted by atomic mass is 19.4. The van der Waals surface area contributed by atoms with Gasteiger partial charge < -0.3 is 0 Å². The highest BCUT2D eigenvalue weighted by Gasteiger charge is 2.32. The van der Waals surface area contributed by atoms with Crippen LogP contribution in [0.15, 0.2) is 42.5 Å². The molecule has 0 aliphatic heterocycles. The van der Waals surface area contributed by atoms with E-state index in [4.69, 9.17) is 0 Å². The standard InChI is InChI=1S/C12H7F4N/c13-9-6-4-8(5-7-9)10-2-1-3-11(17-10)12(14,15)16/h1-7H. The first kappa shape index (κ1) is 11.6. The van der Waals surface area contributed by atoms with Crippen LogP contribution in [-0.4, -0.2) is 4.98 Å². The highest BCUT2D eigenvalue weighted by molar-refractivity contribution is 5.58. The number of halogens is 4. The molecule has 0 aliphatic carbocycles. The predicted molar refractivity (Wildman–Crippen MR) is 54.6 cm³/mol. The normalized spacial score (nSPS) is 11.5. The van der Waals surface area contributed by atoms with Crippen LogP contribution in [0.5, 0.6) is 0 Å². The Balaban J connectivity index is 2.43. The molecule has 0 spiro atoms. The van der Waals surface area contributed by atoms with Crippen molar-refractivity contribution in [2.75, 3.05) is 0 Å². The molecule has 0 saturated heterocycles. The minimum absolute atomic E-state index is 0.167. The Morgan fingerprint density at radius 1 is 0.882 bits per heavy atom. The highest BCUT2D eigenvalue weighted by Crippen LogP contribution is 2.29. The Kier molecular flexibility index (Phi) is 2.83. The van der Waals surface area contributed by atoms with E-state index < -0.39 is 17.7 Å². The van der Waals surface area contributed by atoms with E-state index in [2.05, 4.69) is 4.98 Å². The Hall–Kier alpha value is -1.91. The van der Waals surface area contributed by atoms with Crippen molar-refractivity contribution in [3.63, 3.8) is 0 Å². The quantitative estimate of drug-likeness (QED) is 0.690. The molecule has 17 heavy (non-hydrogen) atoms. The average molecular weight is 241 g/mol. The summed E-state index contributed by atoms with van der Waals surface area (Å²) in [6.45, 7) is 0. The van der Waals surface area contributed by atoms with Crippen LogP contribution in [-0.2, 0) is 6.18 Å². The zero-order valence-corrected chi connectivity index (χ0v) is 8.50. The van der Waals surface area contributed by atoms with Crippen molar-refractivity contribution in [1.29, 1.82) is 0 Å². The van der Waals surface area contributed by atoms with Crippen molar-refractivity contribution >= 4 is 0 Å². The maximum atomic E-state index is 12.7.